The summed E-state index contributed by atoms with van der Waals surface area (Å²) >= 11 is 0. The minimum atomic E-state index is -0.300. The molecule has 0 N–H and O–H groups in total. The Morgan fingerprint density at radius 3 is 1.92 bits per heavy atom. The minimum Gasteiger partial charge on any atom is -0.465 e. The predicted molar refractivity (Wildman–Crippen MR) is 104 cm³/mol. The topological polar surface area (TPSA) is 35.5 Å². The van der Waals surface area contributed by atoms with Crippen molar-refractivity contribution in [2.24, 2.45) is 0 Å². The van der Waals surface area contributed by atoms with Crippen molar-refractivity contribution >= 4 is 5.97 Å². The molecule has 1 unspecified atom stereocenters. The van der Waals surface area contributed by atoms with Crippen LogP contribution in [0.1, 0.15) is 100 Å². The van der Waals surface area contributed by atoms with Crippen molar-refractivity contribution in [1.29, 1.82) is 0 Å². The highest BCUT2D eigenvalue weighted by molar-refractivity contribution is 5.89. The molecule has 25 heavy (non-hydrogen) atoms. The van der Waals surface area contributed by atoms with E-state index in [-0.39, 0.29) is 12.1 Å². The van der Waals surface area contributed by atoms with E-state index in [9.17, 15) is 4.79 Å². The van der Waals surface area contributed by atoms with E-state index in [2.05, 4.69) is 13.8 Å². The van der Waals surface area contributed by atoms with Crippen molar-refractivity contribution in [1.82, 2.24) is 0 Å². The Morgan fingerprint density at radius 2 is 1.40 bits per heavy atom. The Bertz CT molecular complexity index is 453. The third-order valence-corrected chi connectivity index (χ3v) is 4.67. The summed E-state index contributed by atoms with van der Waals surface area (Å²) in [4.78, 5) is 11.4. The number of methoxy groups -OCH3 is 1. The third-order valence-electron chi connectivity index (χ3n) is 4.67. The van der Waals surface area contributed by atoms with Crippen LogP contribution in [-0.2, 0) is 9.47 Å². The van der Waals surface area contributed by atoms with Gasteiger partial charge in [0.05, 0.1) is 18.8 Å². The molecule has 0 saturated heterocycles. The summed E-state index contributed by atoms with van der Waals surface area (Å²) < 4.78 is 10.6. The van der Waals surface area contributed by atoms with Crippen molar-refractivity contribution in [2.45, 2.75) is 84.2 Å². The molecule has 0 aromatic heterocycles. The van der Waals surface area contributed by atoms with Crippen LogP contribution >= 0.6 is 0 Å². The third kappa shape index (κ3) is 9.64. The molecule has 1 aromatic rings. The smallest absolute Gasteiger partial charge is 0.337 e. The standard InChI is InChI=1S/C22H36O3/c1-4-5-6-7-8-9-10-11-12-13-18-25-19(2)20-14-16-21(17-15-20)22(23)24-3/h14-17,19H,4-13,18H2,1-3H3. The first-order valence-electron chi connectivity index (χ1n) is 9.99. The first kappa shape index (κ1) is 21.7. The highest BCUT2D eigenvalue weighted by Gasteiger charge is 2.08. The van der Waals surface area contributed by atoms with Crippen LogP contribution in [0.25, 0.3) is 0 Å². The Labute approximate surface area is 154 Å². The summed E-state index contributed by atoms with van der Waals surface area (Å²) in [6.07, 6.45) is 13.4. The first-order valence-corrected chi connectivity index (χ1v) is 9.99. The molecule has 0 amide bonds. The number of hydrogen-bond donors (Lipinski definition) is 0. The quantitative estimate of drug-likeness (QED) is 0.285. The van der Waals surface area contributed by atoms with Crippen LogP contribution in [-0.4, -0.2) is 19.7 Å². The van der Waals surface area contributed by atoms with Gasteiger partial charge in [-0.25, -0.2) is 4.79 Å². The number of hydrogen-bond acceptors (Lipinski definition) is 3. The van der Waals surface area contributed by atoms with Gasteiger partial charge in [0.25, 0.3) is 0 Å². The SMILES string of the molecule is CCCCCCCCCCCCOC(C)c1ccc(C(=O)OC)cc1. The van der Waals surface area contributed by atoms with Gasteiger partial charge in [-0.05, 0) is 31.0 Å². The molecule has 0 spiro atoms. The number of benzene rings is 1. The van der Waals surface area contributed by atoms with E-state index in [1.165, 1.54) is 64.9 Å². The average molecular weight is 349 g/mol. The van der Waals surface area contributed by atoms with Gasteiger partial charge in [-0.15, -0.1) is 0 Å². The van der Waals surface area contributed by atoms with E-state index >= 15 is 0 Å². The molecule has 0 aliphatic rings. The van der Waals surface area contributed by atoms with Crippen molar-refractivity contribution in [3.8, 4) is 0 Å². The van der Waals surface area contributed by atoms with E-state index < -0.39 is 0 Å². The number of unbranched alkanes of at least 4 members (excludes halogenated alkanes) is 9. The number of carbonyl (C=O) groups excluding carboxylic acids is 1. The minimum absolute atomic E-state index is 0.0604. The summed E-state index contributed by atoms with van der Waals surface area (Å²) in [5.74, 6) is -0.300. The molecule has 1 atom stereocenters. The van der Waals surface area contributed by atoms with Crippen molar-refractivity contribution in [2.75, 3.05) is 13.7 Å². The molecule has 0 aliphatic carbocycles. The lowest BCUT2D eigenvalue weighted by Crippen LogP contribution is -2.04. The Kier molecular flexibility index (Phi) is 12.0. The van der Waals surface area contributed by atoms with E-state index in [4.69, 9.17) is 9.47 Å². The summed E-state index contributed by atoms with van der Waals surface area (Å²) in [6.45, 7) is 5.13. The second-order valence-corrected chi connectivity index (χ2v) is 6.81. The molecule has 3 nitrogen and oxygen atoms in total. The summed E-state index contributed by atoms with van der Waals surface area (Å²) in [5, 5.41) is 0. The summed E-state index contributed by atoms with van der Waals surface area (Å²) in [5.41, 5.74) is 1.67. The maximum Gasteiger partial charge on any atom is 0.337 e. The fourth-order valence-electron chi connectivity index (χ4n) is 2.95. The van der Waals surface area contributed by atoms with Gasteiger partial charge >= 0.3 is 5.97 Å². The molecule has 0 saturated carbocycles. The zero-order chi connectivity index (χ0) is 18.3. The van der Waals surface area contributed by atoms with Crippen LogP contribution in [0.2, 0.25) is 0 Å². The first-order chi connectivity index (χ1) is 12.2. The summed E-state index contributed by atoms with van der Waals surface area (Å²) in [6, 6.07) is 7.47. The molecule has 1 rings (SSSR count). The van der Waals surface area contributed by atoms with E-state index in [1.807, 2.05) is 12.1 Å². The zero-order valence-corrected chi connectivity index (χ0v) is 16.4. The van der Waals surface area contributed by atoms with Crippen molar-refractivity contribution in [3.63, 3.8) is 0 Å². The van der Waals surface area contributed by atoms with Crippen LogP contribution in [0.15, 0.2) is 24.3 Å². The van der Waals surface area contributed by atoms with E-state index in [0.29, 0.717) is 5.56 Å². The van der Waals surface area contributed by atoms with E-state index in [0.717, 1.165) is 18.6 Å². The maximum atomic E-state index is 11.4. The van der Waals surface area contributed by atoms with Gasteiger partial charge in [-0.3, -0.25) is 0 Å². The Balaban J connectivity index is 2.05. The lowest BCUT2D eigenvalue weighted by atomic mass is 10.1. The van der Waals surface area contributed by atoms with Crippen LogP contribution in [0.5, 0.6) is 0 Å². The van der Waals surface area contributed by atoms with Gasteiger partial charge in [0.15, 0.2) is 0 Å². The molecule has 142 valence electrons. The van der Waals surface area contributed by atoms with Crippen molar-refractivity contribution in [3.05, 3.63) is 35.4 Å². The van der Waals surface area contributed by atoms with Gasteiger partial charge in [0, 0.05) is 6.61 Å². The second-order valence-electron chi connectivity index (χ2n) is 6.81. The average Bonchev–Trinajstić information content (AvgIpc) is 2.65. The lowest BCUT2D eigenvalue weighted by molar-refractivity contribution is 0.0595. The van der Waals surface area contributed by atoms with Crippen LogP contribution in [0.4, 0.5) is 0 Å². The Hall–Kier alpha value is -1.35. The largest absolute Gasteiger partial charge is 0.465 e. The number of carbonyl (C=O) groups is 1. The van der Waals surface area contributed by atoms with Crippen LogP contribution in [0, 0.1) is 0 Å². The predicted octanol–water partition coefficient (Wildman–Crippen LogP) is 6.47. The van der Waals surface area contributed by atoms with E-state index in [1.54, 1.807) is 12.1 Å². The lowest BCUT2D eigenvalue weighted by Gasteiger charge is -2.14. The van der Waals surface area contributed by atoms with Crippen molar-refractivity contribution < 1.29 is 14.3 Å². The van der Waals surface area contributed by atoms with Gasteiger partial charge in [-0.1, -0.05) is 76.8 Å². The zero-order valence-electron chi connectivity index (χ0n) is 16.4. The molecule has 3 heteroatoms. The van der Waals surface area contributed by atoms with Crippen LogP contribution in [0.3, 0.4) is 0 Å². The second kappa shape index (κ2) is 13.9. The highest BCUT2D eigenvalue weighted by atomic mass is 16.5. The normalized spacial score (nSPS) is 12.1. The molecule has 0 bridgehead atoms. The molecule has 0 aliphatic heterocycles. The van der Waals surface area contributed by atoms with Gasteiger partial charge in [0.1, 0.15) is 0 Å². The Morgan fingerprint density at radius 1 is 0.880 bits per heavy atom. The van der Waals surface area contributed by atoms with Gasteiger partial charge in [0.2, 0.25) is 0 Å². The number of rotatable bonds is 14. The molecule has 1 aromatic carbocycles. The molecular formula is C22H36O3. The fourth-order valence-corrected chi connectivity index (χ4v) is 2.95. The highest BCUT2D eigenvalue weighted by Crippen LogP contribution is 2.18. The fraction of sp³-hybridized carbons (Fsp3) is 0.682. The molecule has 0 radical (unpaired) electrons. The molecule has 0 heterocycles. The van der Waals surface area contributed by atoms with Crippen LogP contribution < -0.4 is 0 Å². The van der Waals surface area contributed by atoms with Gasteiger partial charge < -0.3 is 9.47 Å². The molecular weight excluding hydrogens is 312 g/mol. The van der Waals surface area contributed by atoms with Gasteiger partial charge in [-0.2, -0.15) is 0 Å². The number of ether oxygens (including phenoxy) is 2. The monoisotopic (exact) mass is 348 g/mol. The maximum absolute atomic E-state index is 11.4. The molecule has 0 fully saturated rings. The number of esters is 1. The summed E-state index contributed by atoms with van der Waals surface area (Å²) in [7, 11) is 1.40.